The van der Waals surface area contributed by atoms with Crippen molar-refractivity contribution in [3.63, 3.8) is 0 Å². The number of hydrogen-bond acceptors (Lipinski definition) is 3. The second kappa shape index (κ2) is 8.21. The first-order chi connectivity index (χ1) is 13.7. The van der Waals surface area contributed by atoms with Gasteiger partial charge < -0.3 is 0 Å². The molecule has 3 aromatic rings. The molecule has 5 heteroatoms. The van der Waals surface area contributed by atoms with Gasteiger partial charge in [0.25, 0.3) is 10.0 Å². The van der Waals surface area contributed by atoms with Crippen LogP contribution in [0.15, 0.2) is 64.5 Å². The molecule has 0 heterocycles. The standard InChI is InChI=1S/C24H26N2O2S/c1-16-6-11-24(20(5)12-16)26-29(27,28)22-9-7-21(8-10-22)25-15-23-18(3)13-17(2)14-19(23)4/h6-15,26H,1-5H3. The first-order valence-corrected chi connectivity index (χ1v) is 11.0. The van der Waals surface area contributed by atoms with Gasteiger partial charge in [-0.1, -0.05) is 35.4 Å². The van der Waals surface area contributed by atoms with Gasteiger partial charge in [0.2, 0.25) is 0 Å². The number of aryl methyl sites for hydroxylation is 5. The Balaban J connectivity index is 1.81. The summed E-state index contributed by atoms with van der Waals surface area (Å²) in [7, 11) is -3.65. The van der Waals surface area contributed by atoms with Crippen LogP contribution in [0.2, 0.25) is 0 Å². The molecule has 3 aromatic carbocycles. The Labute approximate surface area is 173 Å². The van der Waals surface area contributed by atoms with E-state index in [-0.39, 0.29) is 4.90 Å². The molecular weight excluding hydrogens is 380 g/mol. The zero-order valence-electron chi connectivity index (χ0n) is 17.4. The molecule has 0 aliphatic carbocycles. The van der Waals surface area contributed by atoms with Crippen LogP contribution < -0.4 is 4.72 Å². The SMILES string of the molecule is Cc1ccc(NS(=O)(=O)c2ccc(N=Cc3c(C)cc(C)cc3C)cc2)c(C)c1. The molecular formula is C24H26N2O2S. The van der Waals surface area contributed by atoms with E-state index >= 15 is 0 Å². The largest absolute Gasteiger partial charge is 0.279 e. The van der Waals surface area contributed by atoms with Gasteiger partial charge in [0.15, 0.2) is 0 Å². The van der Waals surface area contributed by atoms with E-state index in [0.29, 0.717) is 11.4 Å². The highest BCUT2D eigenvalue weighted by atomic mass is 32.2. The molecule has 0 fully saturated rings. The first kappa shape index (κ1) is 20.8. The van der Waals surface area contributed by atoms with Crippen LogP contribution in [0.25, 0.3) is 0 Å². The van der Waals surface area contributed by atoms with Crippen molar-refractivity contribution in [3.05, 3.63) is 88.0 Å². The highest BCUT2D eigenvalue weighted by Gasteiger charge is 2.15. The molecule has 0 aliphatic heterocycles. The summed E-state index contributed by atoms with van der Waals surface area (Å²) in [6.07, 6.45) is 1.83. The molecule has 0 unspecified atom stereocenters. The van der Waals surface area contributed by atoms with Gasteiger partial charge in [-0.05, 0) is 87.2 Å². The fourth-order valence-corrected chi connectivity index (χ4v) is 4.51. The first-order valence-electron chi connectivity index (χ1n) is 9.48. The van der Waals surface area contributed by atoms with E-state index in [1.165, 1.54) is 16.7 Å². The molecule has 0 saturated carbocycles. The molecule has 1 N–H and O–H groups in total. The minimum atomic E-state index is -3.65. The van der Waals surface area contributed by atoms with E-state index in [2.05, 4.69) is 42.6 Å². The van der Waals surface area contributed by atoms with E-state index in [1.807, 2.05) is 32.2 Å². The molecule has 4 nitrogen and oxygen atoms in total. The van der Waals surface area contributed by atoms with E-state index < -0.39 is 10.0 Å². The number of sulfonamides is 1. The predicted molar refractivity (Wildman–Crippen MR) is 121 cm³/mol. The van der Waals surface area contributed by atoms with Gasteiger partial charge in [0.1, 0.15) is 0 Å². The van der Waals surface area contributed by atoms with Gasteiger partial charge in [-0.2, -0.15) is 0 Å². The quantitative estimate of drug-likeness (QED) is 0.546. The minimum absolute atomic E-state index is 0.208. The van der Waals surface area contributed by atoms with Gasteiger partial charge in [-0.25, -0.2) is 8.42 Å². The second-order valence-electron chi connectivity index (χ2n) is 7.49. The molecule has 29 heavy (non-hydrogen) atoms. The molecule has 3 rings (SSSR count). The Kier molecular flexibility index (Phi) is 5.89. The summed E-state index contributed by atoms with van der Waals surface area (Å²) in [6, 6.07) is 16.5. The number of aliphatic imine (C=N–C) groups is 1. The molecule has 0 aromatic heterocycles. The van der Waals surface area contributed by atoms with Crippen LogP contribution in [0.4, 0.5) is 11.4 Å². The third-order valence-corrected chi connectivity index (χ3v) is 6.24. The lowest BCUT2D eigenvalue weighted by Gasteiger charge is -2.11. The van der Waals surface area contributed by atoms with Crippen LogP contribution in [-0.2, 0) is 10.0 Å². The van der Waals surface area contributed by atoms with Gasteiger partial charge in [0.05, 0.1) is 16.3 Å². The topological polar surface area (TPSA) is 58.5 Å². The van der Waals surface area contributed by atoms with Crippen LogP contribution in [0.5, 0.6) is 0 Å². The normalized spacial score (nSPS) is 11.8. The number of rotatable bonds is 5. The summed E-state index contributed by atoms with van der Waals surface area (Å²) in [5.74, 6) is 0. The Bertz CT molecular complexity index is 1150. The Morgan fingerprint density at radius 1 is 0.759 bits per heavy atom. The zero-order chi connectivity index (χ0) is 21.2. The van der Waals surface area contributed by atoms with Crippen molar-refractivity contribution in [2.45, 2.75) is 39.5 Å². The van der Waals surface area contributed by atoms with Gasteiger partial charge >= 0.3 is 0 Å². The van der Waals surface area contributed by atoms with Crippen molar-refractivity contribution in [2.75, 3.05) is 4.72 Å². The maximum atomic E-state index is 12.7. The fourth-order valence-electron chi connectivity index (χ4n) is 3.38. The monoisotopic (exact) mass is 406 g/mol. The molecule has 0 atom stereocenters. The van der Waals surface area contributed by atoms with E-state index in [1.54, 1.807) is 30.3 Å². The van der Waals surface area contributed by atoms with Crippen LogP contribution in [0.1, 0.15) is 33.4 Å². The van der Waals surface area contributed by atoms with Crippen molar-refractivity contribution in [2.24, 2.45) is 4.99 Å². The number of nitrogens with one attached hydrogen (secondary N) is 1. The Hall–Kier alpha value is -2.92. The Morgan fingerprint density at radius 3 is 1.93 bits per heavy atom. The summed E-state index contributed by atoms with van der Waals surface area (Å²) in [5.41, 5.74) is 7.92. The zero-order valence-corrected chi connectivity index (χ0v) is 18.3. The molecule has 150 valence electrons. The third-order valence-electron chi connectivity index (χ3n) is 4.85. The maximum absolute atomic E-state index is 12.7. The highest BCUT2D eigenvalue weighted by Crippen LogP contribution is 2.23. The lowest BCUT2D eigenvalue weighted by atomic mass is 10.0. The smallest absolute Gasteiger partial charge is 0.261 e. The summed E-state index contributed by atoms with van der Waals surface area (Å²) in [5, 5.41) is 0. The van der Waals surface area contributed by atoms with Crippen molar-refractivity contribution in [3.8, 4) is 0 Å². The second-order valence-corrected chi connectivity index (χ2v) is 9.17. The average Bonchev–Trinajstić information content (AvgIpc) is 2.63. The molecule has 0 spiro atoms. The molecule has 0 aliphatic rings. The van der Waals surface area contributed by atoms with Crippen LogP contribution >= 0.6 is 0 Å². The highest BCUT2D eigenvalue weighted by molar-refractivity contribution is 7.92. The van der Waals surface area contributed by atoms with E-state index in [0.717, 1.165) is 16.7 Å². The van der Waals surface area contributed by atoms with Gasteiger partial charge in [0, 0.05) is 6.21 Å². The predicted octanol–water partition coefficient (Wildman–Crippen LogP) is 5.78. The molecule has 0 amide bonds. The van der Waals surface area contributed by atoms with Crippen molar-refractivity contribution < 1.29 is 8.42 Å². The van der Waals surface area contributed by atoms with Crippen LogP contribution in [-0.4, -0.2) is 14.6 Å². The van der Waals surface area contributed by atoms with Gasteiger partial charge in [-0.3, -0.25) is 9.71 Å². The summed E-state index contributed by atoms with van der Waals surface area (Å²) in [4.78, 5) is 4.73. The molecule has 0 radical (unpaired) electrons. The minimum Gasteiger partial charge on any atom is -0.279 e. The van der Waals surface area contributed by atoms with Crippen LogP contribution in [0, 0.1) is 34.6 Å². The Morgan fingerprint density at radius 2 is 1.34 bits per heavy atom. The van der Waals surface area contributed by atoms with E-state index in [9.17, 15) is 8.42 Å². The third kappa shape index (κ3) is 4.93. The van der Waals surface area contributed by atoms with Crippen molar-refractivity contribution in [1.29, 1.82) is 0 Å². The van der Waals surface area contributed by atoms with Crippen molar-refractivity contribution >= 4 is 27.6 Å². The van der Waals surface area contributed by atoms with Crippen LogP contribution in [0.3, 0.4) is 0 Å². The number of nitrogens with zero attached hydrogens (tertiary/aromatic N) is 1. The number of hydrogen-bond donors (Lipinski definition) is 1. The summed E-state index contributed by atoms with van der Waals surface area (Å²) >= 11 is 0. The summed E-state index contributed by atoms with van der Waals surface area (Å²) in [6.45, 7) is 10.1. The summed E-state index contributed by atoms with van der Waals surface area (Å²) < 4.78 is 28.1. The molecule has 0 saturated heterocycles. The van der Waals surface area contributed by atoms with Gasteiger partial charge in [-0.15, -0.1) is 0 Å². The number of anilines is 1. The number of benzene rings is 3. The fraction of sp³-hybridized carbons (Fsp3) is 0.208. The molecule has 0 bridgehead atoms. The lowest BCUT2D eigenvalue weighted by Crippen LogP contribution is -2.13. The average molecular weight is 407 g/mol. The lowest BCUT2D eigenvalue weighted by molar-refractivity contribution is 0.601. The van der Waals surface area contributed by atoms with Crippen molar-refractivity contribution in [1.82, 2.24) is 0 Å². The van der Waals surface area contributed by atoms with E-state index in [4.69, 9.17) is 0 Å². The maximum Gasteiger partial charge on any atom is 0.261 e.